The zero-order valence-electron chi connectivity index (χ0n) is 13.3. The van der Waals surface area contributed by atoms with Gasteiger partial charge in [-0.1, -0.05) is 24.3 Å². The van der Waals surface area contributed by atoms with Gasteiger partial charge < -0.3 is 10.1 Å². The fourth-order valence-electron chi connectivity index (χ4n) is 2.19. The number of para-hydroxylation sites is 1. The lowest BCUT2D eigenvalue weighted by atomic mass is 10.3. The van der Waals surface area contributed by atoms with Crippen LogP contribution in [0.5, 0.6) is 5.88 Å². The van der Waals surface area contributed by atoms with Gasteiger partial charge in [0.15, 0.2) is 6.61 Å². The van der Waals surface area contributed by atoms with Crippen LogP contribution < -0.4 is 10.1 Å². The number of aromatic nitrogens is 3. The standard InChI is InChI=1S/C18H18N4O2/c1-14-12-22(16-7-3-2-4-8-16)21-18(14)24-13-17(23)20-11-15-6-5-9-19-10-15/h2-10,12H,11,13H2,1H3,(H,20,23). The molecule has 1 N–H and O–H groups in total. The SMILES string of the molecule is Cc1cn(-c2ccccc2)nc1OCC(=O)NCc1cccnc1. The number of pyridine rings is 1. The van der Waals surface area contributed by atoms with Gasteiger partial charge in [0.1, 0.15) is 0 Å². The lowest BCUT2D eigenvalue weighted by Gasteiger charge is -2.06. The highest BCUT2D eigenvalue weighted by molar-refractivity contribution is 5.77. The minimum Gasteiger partial charge on any atom is -0.466 e. The first-order valence-electron chi connectivity index (χ1n) is 7.62. The van der Waals surface area contributed by atoms with E-state index in [4.69, 9.17) is 4.74 Å². The van der Waals surface area contributed by atoms with Crippen LogP contribution in [-0.4, -0.2) is 27.3 Å². The molecule has 1 aromatic carbocycles. The highest BCUT2D eigenvalue weighted by Crippen LogP contribution is 2.17. The Hall–Kier alpha value is -3.15. The van der Waals surface area contributed by atoms with E-state index in [0.717, 1.165) is 16.8 Å². The molecule has 0 saturated heterocycles. The van der Waals surface area contributed by atoms with Gasteiger partial charge in [-0.25, -0.2) is 4.68 Å². The molecular formula is C18H18N4O2. The molecular weight excluding hydrogens is 304 g/mol. The monoisotopic (exact) mass is 322 g/mol. The van der Waals surface area contributed by atoms with Crippen molar-refractivity contribution in [3.8, 4) is 11.6 Å². The summed E-state index contributed by atoms with van der Waals surface area (Å²) in [4.78, 5) is 15.9. The number of hydrogen-bond donors (Lipinski definition) is 1. The Morgan fingerprint density at radius 1 is 1.21 bits per heavy atom. The van der Waals surface area contributed by atoms with Crippen LogP contribution in [0, 0.1) is 6.92 Å². The zero-order valence-corrected chi connectivity index (χ0v) is 13.3. The topological polar surface area (TPSA) is 69.0 Å². The molecule has 0 spiro atoms. The van der Waals surface area contributed by atoms with E-state index >= 15 is 0 Å². The lowest BCUT2D eigenvalue weighted by molar-refractivity contribution is -0.123. The van der Waals surface area contributed by atoms with E-state index in [1.807, 2.05) is 55.6 Å². The number of rotatable bonds is 6. The van der Waals surface area contributed by atoms with Crippen molar-refractivity contribution < 1.29 is 9.53 Å². The third-order valence-electron chi connectivity index (χ3n) is 3.43. The van der Waals surface area contributed by atoms with E-state index in [9.17, 15) is 4.79 Å². The summed E-state index contributed by atoms with van der Waals surface area (Å²) in [5.41, 5.74) is 2.76. The van der Waals surface area contributed by atoms with Crippen LogP contribution in [0.1, 0.15) is 11.1 Å². The van der Waals surface area contributed by atoms with Crippen LogP contribution in [0.25, 0.3) is 5.69 Å². The molecule has 0 radical (unpaired) electrons. The van der Waals surface area contributed by atoms with Crippen LogP contribution >= 0.6 is 0 Å². The van der Waals surface area contributed by atoms with Crippen molar-refractivity contribution in [1.82, 2.24) is 20.1 Å². The molecule has 0 aliphatic rings. The van der Waals surface area contributed by atoms with E-state index < -0.39 is 0 Å². The summed E-state index contributed by atoms with van der Waals surface area (Å²) >= 11 is 0. The summed E-state index contributed by atoms with van der Waals surface area (Å²) in [5, 5.41) is 7.16. The predicted molar refractivity (Wildman–Crippen MR) is 89.9 cm³/mol. The molecule has 0 aliphatic carbocycles. The lowest BCUT2D eigenvalue weighted by Crippen LogP contribution is -2.28. The maximum Gasteiger partial charge on any atom is 0.258 e. The molecule has 0 atom stereocenters. The average molecular weight is 322 g/mol. The van der Waals surface area contributed by atoms with Gasteiger partial charge in [-0.3, -0.25) is 9.78 Å². The third-order valence-corrected chi connectivity index (χ3v) is 3.43. The average Bonchev–Trinajstić information content (AvgIpc) is 3.01. The number of carbonyl (C=O) groups excluding carboxylic acids is 1. The molecule has 0 saturated carbocycles. The van der Waals surface area contributed by atoms with E-state index in [0.29, 0.717) is 12.4 Å². The largest absolute Gasteiger partial charge is 0.466 e. The van der Waals surface area contributed by atoms with Crippen molar-refractivity contribution >= 4 is 5.91 Å². The first kappa shape index (κ1) is 15.7. The van der Waals surface area contributed by atoms with E-state index in [1.165, 1.54) is 0 Å². The Morgan fingerprint density at radius 2 is 2.04 bits per heavy atom. The van der Waals surface area contributed by atoms with Gasteiger partial charge in [-0.05, 0) is 30.7 Å². The highest BCUT2D eigenvalue weighted by Gasteiger charge is 2.10. The van der Waals surface area contributed by atoms with Gasteiger partial charge in [0.05, 0.1) is 5.69 Å². The van der Waals surface area contributed by atoms with Gasteiger partial charge in [-0.2, -0.15) is 0 Å². The number of aryl methyl sites for hydroxylation is 1. The van der Waals surface area contributed by atoms with E-state index in [-0.39, 0.29) is 12.5 Å². The van der Waals surface area contributed by atoms with Crippen molar-refractivity contribution in [1.29, 1.82) is 0 Å². The zero-order chi connectivity index (χ0) is 16.8. The number of benzene rings is 1. The minimum absolute atomic E-state index is 0.0765. The van der Waals surface area contributed by atoms with Gasteiger partial charge in [0, 0.05) is 30.7 Å². The van der Waals surface area contributed by atoms with Gasteiger partial charge in [0.2, 0.25) is 5.88 Å². The van der Waals surface area contributed by atoms with Crippen molar-refractivity contribution in [3.05, 3.63) is 72.2 Å². The summed E-state index contributed by atoms with van der Waals surface area (Å²) < 4.78 is 7.26. The quantitative estimate of drug-likeness (QED) is 0.756. The molecule has 0 aliphatic heterocycles. The second-order valence-electron chi connectivity index (χ2n) is 5.32. The molecule has 1 amide bonds. The van der Waals surface area contributed by atoms with E-state index in [2.05, 4.69) is 15.4 Å². The van der Waals surface area contributed by atoms with Crippen molar-refractivity contribution in [3.63, 3.8) is 0 Å². The number of carbonyl (C=O) groups is 1. The van der Waals surface area contributed by atoms with Gasteiger partial charge in [-0.15, -0.1) is 5.10 Å². The van der Waals surface area contributed by atoms with Crippen molar-refractivity contribution in [2.24, 2.45) is 0 Å². The Labute approximate surface area is 140 Å². The maximum atomic E-state index is 11.9. The summed E-state index contributed by atoms with van der Waals surface area (Å²) in [6.45, 7) is 2.25. The summed E-state index contributed by atoms with van der Waals surface area (Å²) in [7, 11) is 0. The Kier molecular flexibility index (Phi) is 4.86. The molecule has 3 rings (SSSR count). The van der Waals surface area contributed by atoms with Crippen LogP contribution in [-0.2, 0) is 11.3 Å². The molecule has 2 heterocycles. The number of hydrogen-bond acceptors (Lipinski definition) is 4. The van der Waals surface area contributed by atoms with Crippen LogP contribution in [0.3, 0.4) is 0 Å². The summed E-state index contributed by atoms with van der Waals surface area (Å²) in [5.74, 6) is 0.253. The minimum atomic E-state index is -0.201. The molecule has 0 fully saturated rings. The smallest absolute Gasteiger partial charge is 0.258 e. The third kappa shape index (κ3) is 3.98. The first-order chi connectivity index (χ1) is 11.7. The summed E-state index contributed by atoms with van der Waals surface area (Å²) in [6.07, 6.45) is 5.28. The van der Waals surface area contributed by atoms with Gasteiger partial charge in [0.25, 0.3) is 5.91 Å². The molecule has 3 aromatic rings. The van der Waals surface area contributed by atoms with Crippen molar-refractivity contribution in [2.75, 3.05) is 6.61 Å². The number of amides is 1. The Bertz CT molecular complexity index is 800. The molecule has 0 bridgehead atoms. The number of ether oxygens (including phenoxy) is 1. The maximum absolute atomic E-state index is 11.9. The highest BCUT2D eigenvalue weighted by atomic mass is 16.5. The Balaban J connectivity index is 1.55. The second kappa shape index (κ2) is 7.41. The van der Waals surface area contributed by atoms with Crippen LogP contribution in [0.15, 0.2) is 61.1 Å². The Morgan fingerprint density at radius 3 is 2.79 bits per heavy atom. The molecule has 6 nitrogen and oxygen atoms in total. The van der Waals surface area contributed by atoms with Gasteiger partial charge >= 0.3 is 0 Å². The number of nitrogens with one attached hydrogen (secondary N) is 1. The molecule has 24 heavy (non-hydrogen) atoms. The normalized spacial score (nSPS) is 10.4. The molecule has 122 valence electrons. The van der Waals surface area contributed by atoms with E-state index in [1.54, 1.807) is 17.1 Å². The molecule has 2 aromatic heterocycles. The first-order valence-corrected chi connectivity index (χ1v) is 7.62. The second-order valence-corrected chi connectivity index (χ2v) is 5.32. The van der Waals surface area contributed by atoms with Crippen molar-refractivity contribution in [2.45, 2.75) is 13.5 Å². The fraction of sp³-hybridized carbons (Fsp3) is 0.167. The fourth-order valence-corrected chi connectivity index (χ4v) is 2.19. The van der Waals surface area contributed by atoms with Crippen LogP contribution in [0.2, 0.25) is 0 Å². The summed E-state index contributed by atoms with van der Waals surface area (Å²) in [6, 6.07) is 13.5. The molecule has 0 unspecified atom stereocenters. The molecule has 6 heteroatoms. The van der Waals surface area contributed by atoms with Crippen LogP contribution in [0.4, 0.5) is 0 Å². The number of nitrogens with zero attached hydrogens (tertiary/aromatic N) is 3. The predicted octanol–water partition coefficient (Wildman–Crippen LogP) is 2.27.